The summed E-state index contributed by atoms with van der Waals surface area (Å²) in [4.78, 5) is 12.1. The second-order valence-corrected chi connectivity index (χ2v) is 5.26. The van der Waals surface area contributed by atoms with Crippen molar-refractivity contribution in [1.29, 1.82) is 0 Å². The average molecular weight is 249 g/mol. The number of hydrogen-bond donors (Lipinski definition) is 2. The Balaban J connectivity index is 1.90. The minimum absolute atomic E-state index is 0.0508. The number of hydrogen-bond acceptors (Lipinski definition) is 2. The smallest absolute Gasteiger partial charge is 0.267 e. The summed E-state index contributed by atoms with van der Waals surface area (Å²) >= 11 is 0. The SMILES string of the molecule is CNCC(C)CNC(=O)c1cccn1C1CCC1. The number of aromatic nitrogens is 1. The van der Waals surface area contributed by atoms with Crippen molar-refractivity contribution in [3.05, 3.63) is 24.0 Å². The number of amides is 1. The molecule has 1 atom stereocenters. The Morgan fingerprint density at radius 2 is 2.28 bits per heavy atom. The van der Waals surface area contributed by atoms with Gasteiger partial charge in [0.15, 0.2) is 0 Å². The molecule has 0 saturated heterocycles. The van der Waals surface area contributed by atoms with Gasteiger partial charge in [0.2, 0.25) is 0 Å². The van der Waals surface area contributed by atoms with E-state index < -0.39 is 0 Å². The quantitative estimate of drug-likeness (QED) is 0.807. The second-order valence-electron chi connectivity index (χ2n) is 5.26. The van der Waals surface area contributed by atoms with Gasteiger partial charge in [-0.15, -0.1) is 0 Å². The second kappa shape index (κ2) is 6.05. The molecule has 100 valence electrons. The van der Waals surface area contributed by atoms with Crippen LogP contribution in [0.5, 0.6) is 0 Å². The molecule has 1 aromatic heterocycles. The van der Waals surface area contributed by atoms with Gasteiger partial charge in [0.05, 0.1) is 0 Å². The van der Waals surface area contributed by atoms with E-state index in [1.165, 1.54) is 19.3 Å². The summed E-state index contributed by atoms with van der Waals surface area (Å²) in [5.74, 6) is 0.501. The van der Waals surface area contributed by atoms with E-state index in [1.807, 2.05) is 25.4 Å². The van der Waals surface area contributed by atoms with E-state index in [-0.39, 0.29) is 5.91 Å². The standard InChI is InChI=1S/C14H23N3O/c1-11(9-15-2)10-16-14(18)13-7-4-8-17(13)12-5-3-6-12/h4,7-8,11-12,15H,3,5-6,9-10H2,1-2H3,(H,16,18). The van der Waals surface area contributed by atoms with Crippen LogP contribution in [0.2, 0.25) is 0 Å². The van der Waals surface area contributed by atoms with Gasteiger partial charge in [0, 0.05) is 18.8 Å². The highest BCUT2D eigenvalue weighted by molar-refractivity contribution is 5.92. The Morgan fingerprint density at radius 1 is 1.50 bits per heavy atom. The van der Waals surface area contributed by atoms with E-state index in [1.54, 1.807) is 0 Å². The van der Waals surface area contributed by atoms with Crippen molar-refractivity contribution in [1.82, 2.24) is 15.2 Å². The Hall–Kier alpha value is -1.29. The molecule has 1 aliphatic rings. The van der Waals surface area contributed by atoms with Crippen LogP contribution in [0.4, 0.5) is 0 Å². The molecule has 0 spiro atoms. The van der Waals surface area contributed by atoms with Crippen molar-refractivity contribution in [3.8, 4) is 0 Å². The third-order valence-electron chi connectivity index (χ3n) is 3.64. The lowest BCUT2D eigenvalue weighted by molar-refractivity contribution is 0.0933. The Bertz CT molecular complexity index is 395. The zero-order valence-electron chi connectivity index (χ0n) is 11.3. The third-order valence-corrected chi connectivity index (χ3v) is 3.64. The Morgan fingerprint density at radius 3 is 2.89 bits per heavy atom. The molecular weight excluding hydrogens is 226 g/mol. The van der Waals surface area contributed by atoms with Gasteiger partial charge >= 0.3 is 0 Å². The molecule has 0 aliphatic heterocycles. The van der Waals surface area contributed by atoms with Gasteiger partial charge in [-0.3, -0.25) is 4.79 Å². The van der Waals surface area contributed by atoms with Crippen LogP contribution in [-0.2, 0) is 0 Å². The molecule has 2 rings (SSSR count). The van der Waals surface area contributed by atoms with Crippen LogP contribution in [0.25, 0.3) is 0 Å². The van der Waals surface area contributed by atoms with E-state index >= 15 is 0 Å². The summed E-state index contributed by atoms with van der Waals surface area (Å²) in [6.07, 6.45) is 5.70. The van der Waals surface area contributed by atoms with Crippen molar-refractivity contribution in [2.24, 2.45) is 5.92 Å². The molecule has 0 aromatic carbocycles. The highest BCUT2D eigenvalue weighted by Gasteiger charge is 2.23. The fraction of sp³-hybridized carbons (Fsp3) is 0.643. The molecule has 1 aromatic rings. The highest BCUT2D eigenvalue weighted by Crippen LogP contribution is 2.32. The van der Waals surface area contributed by atoms with Crippen molar-refractivity contribution >= 4 is 5.91 Å². The first-order chi connectivity index (χ1) is 8.72. The first-order valence-corrected chi connectivity index (χ1v) is 6.82. The maximum absolute atomic E-state index is 12.1. The minimum Gasteiger partial charge on any atom is -0.350 e. The molecule has 4 nitrogen and oxygen atoms in total. The number of carbonyl (C=O) groups is 1. The molecular formula is C14H23N3O. The van der Waals surface area contributed by atoms with Crippen LogP contribution >= 0.6 is 0 Å². The predicted molar refractivity (Wildman–Crippen MR) is 72.7 cm³/mol. The van der Waals surface area contributed by atoms with Gasteiger partial charge < -0.3 is 15.2 Å². The first-order valence-electron chi connectivity index (χ1n) is 6.82. The van der Waals surface area contributed by atoms with Crippen molar-refractivity contribution in [2.75, 3.05) is 20.1 Å². The van der Waals surface area contributed by atoms with E-state index in [9.17, 15) is 4.79 Å². The summed E-state index contributed by atoms with van der Waals surface area (Å²) in [5, 5.41) is 6.13. The largest absolute Gasteiger partial charge is 0.350 e. The van der Waals surface area contributed by atoms with Gasteiger partial charge in [-0.2, -0.15) is 0 Å². The molecule has 0 bridgehead atoms. The fourth-order valence-corrected chi connectivity index (χ4v) is 2.35. The molecule has 1 unspecified atom stereocenters. The minimum atomic E-state index is 0.0508. The van der Waals surface area contributed by atoms with Crippen molar-refractivity contribution in [2.45, 2.75) is 32.2 Å². The van der Waals surface area contributed by atoms with Crippen LogP contribution in [0, 0.1) is 5.92 Å². The maximum Gasteiger partial charge on any atom is 0.267 e. The van der Waals surface area contributed by atoms with E-state index in [2.05, 4.69) is 22.1 Å². The fourth-order valence-electron chi connectivity index (χ4n) is 2.35. The lowest BCUT2D eigenvalue weighted by Crippen LogP contribution is -2.34. The normalized spacial score (nSPS) is 17.2. The van der Waals surface area contributed by atoms with E-state index in [0.717, 1.165) is 18.8 Å². The zero-order chi connectivity index (χ0) is 13.0. The zero-order valence-corrected chi connectivity index (χ0v) is 11.3. The number of nitrogens with one attached hydrogen (secondary N) is 2. The van der Waals surface area contributed by atoms with Gasteiger partial charge in [0.1, 0.15) is 5.69 Å². The summed E-state index contributed by atoms with van der Waals surface area (Å²) < 4.78 is 2.13. The van der Waals surface area contributed by atoms with Crippen LogP contribution in [0.3, 0.4) is 0 Å². The number of nitrogens with zero attached hydrogens (tertiary/aromatic N) is 1. The van der Waals surface area contributed by atoms with Gasteiger partial charge in [-0.1, -0.05) is 6.92 Å². The molecule has 1 fully saturated rings. The van der Waals surface area contributed by atoms with Crippen molar-refractivity contribution < 1.29 is 4.79 Å². The third kappa shape index (κ3) is 2.93. The van der Waals surface area contributed by atoms with Crippen molar-refractivity contribution in [3.63, 3.8) is 0 Å². The molecule has 4 heteroatoms. The topological polar surface area (TPSA) is 46.1 Å². The Kier molecular flexibility index (Phi) is 4.42. The summed E-state index contributed by atoms with van der Waals surface area (Å²) in [6.45, 7) is 3.77. The highest BCUT2D eigenvalue weighted by atomic mass is 16.1. The monoisotopic (exact) mass is 249 g/mol. The van der Waals surface area contributed by atoms with E-state index in [4.69, 9.17) is 0 Å². The first kappa shape index (κ1) is 13.1. The predicted octanol–water partition coefficient (Wildman–Crippen LogP) is 1.80. The maximum atomic E-state index is 12.1. The molecule has 2 N–H and O–H groups in total. The van der Waals surface area contributed by atoms with Gasteiger partial charge in [0.25, 0.3) is 5.91 Å². The van der Waals surface area contributed by atoms with Crippen LogP contribution < -0.4 is 10.6 Å². The number of rotatable bonds is 6. The molecule has 18 heavy (non-hydrogen) atoms. The molecule has 1 amide bonds. The summed E-state index contributed by atoms with van der Waals surface area (Å²) in [5.41, 5.74) is 0.802. The van der Waals surface area contributed by atoms with Gasteiger partial charge in [-0.05, 0) is 50.9 Å². The summed E-state index contributed by atoms with van der Waals surface area (Å²) in [6, 6.07) is 4.41. The van der Waals surface area contributed by atoms with E-state index in [0.29, 0.717) is 12.0 Å². The molecule has 1 aliphatic carbocycles. The van der Waals surface area contributed by atoms with Crippen LogP contribution in [0.1, 0.15) is 42.7 Å². The Labute approximate surface area is 109 Å². The number of carbonyl (C=O) groups excluding carboxylic acids is 1. The van der Waals surface area contributed by atoms with Crippen LogP contribution in [-0.4, -0.2) is 30.6 Å². The molecule has 0 radical (unpaired) electrons. The average Bonchev–Trinajstić information content (AvgIpc) is 2.73. The molecule has 1 saturated carbocycles. The lowest BCUT2D eigenvalue weighted by Gasteiger charge is -2.28. The lowest BCUT2D eigenvalue weighted by atomic mass is 9.93. The van der Waals surface area contributed by atoms with Crippen LogP contribution in [0.15, 0.2) is 18.3 Å². The molecule has 1 heterocycles. The summed E-state index contributed by atoms with van der Waals surface area (Å²) in [7, 11) is 1.93. The van der Waals surface area contributed by atoms with Gasteiger partial charge in [-0.25, -0.2) is 0 Å².